The van der Waals surface area contributed by atoms with Crippen molar-refractivity contribution in [1.29, 1.82) is 0 Å². The lowest BCUT2D eigenvalue weighted by molar-refractivity contribution is 0.555. The van der Waals surface area contributed by atoms with Crippen molar-refractivity contribution in [2.45, 2.75) is 6.42 Å². The molecule has 4 nitrogen and oxygen atoms in total. The molecule has 15 heavy (non-hydrogen) atoms. The summed E-state index contributed by atoms with van der Waals surface area (Å²) in [5, 5.41) is 12.8. The Bertz CT molecular complexity index is 472. The number of nitrogens with zero attached hydrogens (tertiary/aromatic N) is 3. The van der Waals surface area contributed by atoms with Crippen LogP contribution < -0.4 is 0 Å². The zero-order valence-corrected chi connectivity index (χ0v) is 8.92. The Labute approximate surface area is 91.8 Å². The molecule has 78 valence electrons. The number of aromatic nitrogens is 4. The highest BCUT2D eigenvalue weighted by atomic mass is 79.9. The number of halogens is 3. The summed E-state index contributed by atoms with van der Waals surface area (Å²) in [6, 6.07) is 2.49. The van der Waals surface area contributed by atoms with Gasteiger partial charge in [-0.2, -0.15) is 5.21 Å². The minimum Gasteiger partial charge on any atom is -0.207 e. The maximum absolute atomic E-state index is 13.5. The van der Waals surface area contributed by atoms with Crippen LogP contribution in [-0.2, 0) is 6.42 Å². The number of nitrogens with one attached hydrogen (secondary N) is 1. The molecule has 0 atom stereocenters. The molecule has 0 unspecified atom stereocenters. The lowest BCUT2D eigenvalue weighted by Gasteiger charge is -2.03. The highest BCUT2D eigenvalue weighted by molar-refractivity contribution is 9.10. The fourth-order valence-corrected chi connectivity index (χ4v) is 1.52. The quantitative estimate of drug-likeness (QED) is 0.851. The van der Waals surface area contributed by atoms with E-state index in [1.54, 1.807) is 0 Å². The van der Waals surface area contributed by atoms with E-state index in [1.807, 2.05) is 0 Å². The number of aromatic amines is 1. The molecule has 0 saturated carbocycles. The maximum atomic E-state index is 13.5. The monoisotopic (exact) mass is 274 g/mol. The van der Waals surface area contributed by atoms with Gasteiger partial charge in [0.05, 0.1) is 4.47 Å². The molecule has 0 amide bonds. The third-order valence-electron chi connectivity index (χ3n) is 1.86. The molecule has 0 aliphatic rings. The lowest BCUT2D eigenvalue weighted by Crippen LogP contribution is -1.99. The van der Waals surface area contributed by atoms with E-state index in [-0.39, 0.29) is 22.3 Å². The summed E-state index contributed by atoms with van der Waals surface area (Å²) >= 11 is 2.98. The molecule has 1 aromatic carbocycles. The Kier molecular flexibility index (Phi) is 2.72. The van der Waals surface area contributed by atoms with Crippen LogP contribution in [0.5, 0.6) is 0 Å². The van der Waals surface area contributed by atoms with Crippen LogP contribution in [0, 0.1) is 11.6 Å². The lowest BCUT2D eigenvalue weighted by atomic mass is 10.1. The van der Waals surface area contributed by atoms with Crippen LogP contribution in [0.3, 0.4) is 0 Å². The maximum Gasteiger partial charge on any atom is 0.179 e. The van der Waals surface area contributed by atoms with E-state index in [0.29, 0.717) is 0 Å². The van der Waals surface area contributed by atoms with Crippen molar-refractivity contribution in [3.8, 4) is 0 Å². The second-order valence-corrected chi connectivity index (χ2v) is 3.68. The zero-order chi connectivity index (χ0) is 10.8. The molecule has 7 heteroatoms. The van der Waals surface area contributed by atoms with Crippen molar-refractivity contribution < 1.29 is 8.78 Å². The van der Waals surface area contributed by atoms with Gasteiger partial charge in [0, 0.05) is 12.0 Å². The summed E-state index contributed by atoms with van der Waals surface area (Å²) in [4.78, 5) is 0. The molecular weight excluding hydrogens is 270 g/mol. The Hall–Kier alpha value is -1.37. The van der Waals surface area contributed by atoms with Gasteiger partial charge in [0.1, 0.15) is 11.6 Å². The molecule has 0 aliphatic heterocycles. The van der Waals surface area contributed by atoms with E-state index < -0.39 is 11.6 Å². The van der Waals surface area contributed by atoms with Gasteiger partial charge in [0.15, 0.2) is 5.82 Å². The average Bonchev–Trinajstić information content (AvgIpc) is 2.71. The predicted octanol–water partition coefficient (Wildman–Crippen LogP) is 1.83. The number of rotatable bonds is 2. The van der Waals surface area contributed by atoms with Gasteiger partial charge in [-0.1, -0.05) is 5.21 Å². The van der Waals surface area contributed by atoms with Gasteiger partial charge >= 0.3 is 0 Å². The van der Waals surface area contributed by atoms with Gasteiger partial charge in [-0.15, -0.1) is 10.2 Å². The second-order valence-electron chi connectivity index (χ2n) is 2.83. The SMILES string of the molecule is Fc1ccc(Br)c(F)c1Cc1nn[nH]n1. The molecule has 1 heterocycles. The number of hydrogen-bond donors (Lipinski definition) is 1. The standard InChI is InChI=1S/C8H5BrF2N4/c9-5-1-2-6(10)4(8(5)11)3-7-12-14-15-13-7/h1-2H,3H2,(H,12,13,14,15). The third kappa shape index (κ3) is 2.01. The number of H-pyrrole nitrogens is 1. The summed E-state index contributed by atoms with van der Waals surface area (Å²) in [6.45, 7) is 0. The minimum absolute atomic E-state index is 0.0341. The van der Waals surface area contributed by atoms with Crippen molar-refractivity contribution in [2.24, 2.45) is 0 Å². The molecule has 1 N–H and O–H groups in total. The highest BCUT2D eigenvalue weighted by Gasteiger charge is 2.14. The molecule has 0 saturated heterocycles. The fraction of sp³-hybridized carbons (Fsp3) is 0.125. The Morgan fingerprint density at radius 2 is 2.13 bits per heavy atom. The highest BCUT2D eigenvalue weighted by Crippen LogP contribution is 2.22. The van der Waals surface area contributed by atoms with Crippen LogP contribution in [-0.4, -0.2) is 20.6 Å². The zero-order valence-electron chi connectivity index (χ0n) is 7.34. The van der Waals surface area contributed by atoms with E-state index >= 15 is 0 Å². The third-order valence-corrected chi connectivity index (χ3v) is 2.48. The van der Waals surface area contributed by atoms with Gasteiger partial charge in [0.25, 0.3) is 0 Å². The summed E-state index contributed by atoms with van der Waals surface area (Å²) in [5.41, 5.74) is -0.0780. The molecule has 0 bridgehead atoms. The molecule has 0 radical (unpaired) electrons. The first-order chi connectivity index (χ1) is 7.18. The van der Waals surface area contributed by atoms with Crippen molar-refractivity contribution in [2.75, 3.05) is 0 Å². The van der Waals surface area contributed by atoms with Gasteiger partial charge in [-0.05, 0) is 28.1 Å². The first-order valence-electron chi connectivity index (χ1n) is 4.03. The van der Waals surface area contributed by atoms with Gasteiger partial charge in [-0.25, -0.2) is 8.78 Å². The van der Waals surface area contributed by atoms with Crippen molar-refractivity contribution in [3.63, 3.8) is 0 Å². The molecule has 0 fully saturated rings. The van der Waals surface area contributed by atoms with Crippen LogP contribution in [0.25, 0.3) is 0 Å². The molecule has 2 aromatic rings. The summed E-state index contributed by atoms with van der Waals surface area (Å²) in [6.07, 6.45) is -0.0341. The Balaban J connectivity index is 2.39. The summed E-state index contributed by atoms with van der Waals surface area (Å²) in [5.74, 6) is -1.02. The summed E-state index contributed by atoms with van der Waals surface area (Å²) in [7, 11) is 0. The topological polar surface area (TPSA) is 54.5 Å². The molecule has 1 aromatic heterocycles. The van der Waals surface area contributed by atoms with Crippen LogP contribution >= 0.6 is 15.9 Å². The van der Waals surface area contributed by atoms with Crippen molar-refractivity contribution in [1.82, 2.24) is 20.6 Å². The van der Waals surface area contributed by atoms with Gasteiger partial charge < -0.3 is 0 Å². The molecule has 0 aliphatic carbocycles. The van der Waals surface area contributed by atoms with E-state index in [0.717, 1.165) is 0 Å². The average molecular weight is 275 g/mol. The van der Waals surface area contributed by atoms with Crippen LogP contribution in [0.2, 0.25) is 0 Å². The smallest absolute Gasteiger partial charge is 0.179 e. The molecule has 0 spiro atoms. The predicted molar refractivity (Wildman–Crippen MR) is 51.0 cm³/mol. The van der Waals surface area contributed by atoms with E-state index in [9.17, 15) is 8.78 Å². The first-order valence-corrected chi connectivity index (χ1v) is 4.82. The first kappa shape index (κ1) is 10.2. The summed E-state index contributed by atoms with van der Waals surface area (Å²) < 4.78 is 27.0. The van der Waals surface area contributed by atoms with E-state index in [2.05, 4.69) is 36.6 Å². The number of hydrogen-bond acceptors (Lipinski definition) is 3. The minimum atomic E-state index is -0.639. The van der Waals surface area contributed by atoms with Crippen LogP contribution in [0.15, 0.2) is 16.6 Å². The fourth-order valence-electron chi connectivity index (χ4n) is 1.15. The van der Waals surface area contributed by atoms with Gasteiger partial charge in [0.2, 0.25) is 0 Å². The van der Waals surface area contributed by atoms with E-state index in [4.69, 9.17) is 0 Å². The van der Waals surface area contributed by atoms with E-state index in [1.165, 1.54) is 12.1 Å². The van der Waals surface area contributed by atoms with Crippen molar-refractivity contribution >= 4 is 15.9 Å². The second kappa shape index (κ2) is 4.01. The van der Waals surface area contributed by atoms with Crippen molar-refractivity contribution in [3.05, 3.63) is 39.6 Å². The number of tetrazole rings is 1. The van der Waals surface area contributed by atoms with Gasteiger partial charge in [-0.3, -0.25) is 0 Å². The number of benzene rings is 1. The van der Waals surface area contributed by atoms with Crippen LogP contribution in [0.1, 0.15) is 11.4 Å². The Morgan fingerprint density at radius 1 is 1.33 bits per heavy atom. The Morgan fingerprint density at radius 3 is 2.80 bits per heavy atom. The van der Waals surface area contributed by atoms with Crippen LogP contribution in [0.4, 0.5) is 8.78 Å². The largest absolute Gasteiger partial charge is 0.207 e. The molecular formula is C8H5BrF2N4. The molecule has 2 rings (SSSR count). The normalized spacial score (nSPS) is 10.6.